The predicted octanol–water partition coefficient (Wildman–Crippen LogP) is 0.809. The molecule has 7 heteroatoms. The van der Waals surface area contributed by atoms with Crippen LogP contribution in [-0.4, -0.2) is 48.5 Å². The van der Waals surface area contributed by atoms with E-state index in [4.69, 9.17) is 9.15 Å². The Bertz CT molecular complexity index is 492. The number of ether oxygens (including phenoxy) is 1. The average molecular weight is 295 g/mol. The molecule has 0 aliphatic carbocycles. The van der Waals surface area contributed by atoms with E-state index in [1.54, 1.807) is 18.9 Å². The summed E-state index contributed by atoms with van der Waals surface area (Å²) in [6.45, 7) is 3.75. The van der Waals surface area contributed by atoms with Gasteiger partial charge in [-0.15, -0.1) is 0 Å². The van der Waals surface area contributed by atoms with Gasteiger partial charge in [-0.2, -0.15) is 0 Å². The second-order valence-corrected chi connectivity index (χ2v) is 4.98. The van der Waals surface area contributed by atoms with Crippen molar-refractivity contribution in [2.24, 2.45) is 5.92 Å². The summed E-state index contributed by atoms with van der Waals surface area (Å²) in [7, 11) is 1.78. The minimum Gasteiger partial charge on any atom is -0.466 e. The number of oxazole rings is 1. The Morgan fingerprint density at radius 3 is 2.81 bits per heavy atom. The maximum absolute atomic E-state index is 12.3. The van der Waals surface area contributed by atoms with Crippen LogP contribution in [-0.2, 0) is 16.1 Å². The van der Waals surface area contributed by atoms with Crippen molar-refractivity contribution in [2.75, 3.05) is 26.7 Å². The zero-order valence-corrected chi connectivity index (χ0v) is 12.4. The maximum atomic E-state index is 12.3. The van der Waals surface area contributed by atoms with Gasteiger partial charge in [-0.25, -0.2) is 4.98 Å². The van der Waals surface area contributed by atoms with Crippen LogP contribution < -0.4 is 5.32 Å². The molecule has 0 aromatic carbocycles. The van der Waals surface area contributed by atoms with Gasteiger partial charge in [-0.1, -0.05) is 0 Å². The quantitative estimate of drug-likeness (QED) is 0.809. The van der Waals surface area contributed by atoms with Crippen LogP contribution in [0, 0.1) is 5.92 Å². The Kier molecular flexibility index (Phi) is 5.32. The largest absolute Gasteiger partial charge is 0.466 e. The van der Waals surface area contributed by atoms with Crippen LogP contribution >= 0.6 is 0 Å². The molecular formula is C14H21N3O4. The van der Waals surface area contributed by atoms with Crippen LogP contribution in [0.4, 0.5) is 0 Å². The number of nitrogens with one attached hydrogen (secondary N) is 1. The molecular weight excluding hydrogens is 274 g/mol. The van der Waals surface area contributed by atoms with Gasteiger partial charge in [-0.05, 0) is 26.8 Å². The van der Waals surface area contributed by atoms with Gasteiger partial charge in [0.1, 0.15) is 6.26 Å². The summed E-state index contributed by atoms with van der Waals surface area (Å²) in [6.07, 6.45) is 2.64. The topological polar surface area (TPSA) is 84.7 Å². The van der Waals surface area contributed by atoms with Crippen molar-refractivity contribution in [2.45, 2.75) is 26.3 Å². The van der Waals surface area contributed by atoms with Crippen LogP contribution in [0.2, 0.25) is 0 Å². The molecule has 0 radical (unpaired) electrons. The Morgan fingerprint density at radius 1 is 1.48 bits per heavy atom. The Labute approximate surface area is 123 Å². The summed E-state index contributed by atoms with van der Waals surface area (Å²) in [4.78, 5) is 29.8. The minimum atomic E-state index is -0.164. The lowest BCUT2D eigenvalue weighted by Gasteiger charge is -2.30. The Hall–Kier alpha value is -1.89. The number of hydrogen-bond acceptors (Lipinski definition) is 6. The molecule has 21 heavy (non-hydrogen) atoms. The first-order valence-electron chi connectivity index (χ1n) is 7.20. The van der Waals surface area contributed by atoms with E-state index in [0.717, 1.165) is 0 Å². The highest BCUT2D eigenvalue weighted by molar-refractivity contribution is 5.92. The highest BCUT2D eigenvalue weighted by Crippen LogP contribution is 2.20. The first-order valence-corrected chi connectivity index (χ1v) is 7.20. The van der Waals surface area contributed by atoms with E-state index in [0.29, 0.717) is 50.7 Å². The molecule has 1 amide bonds. The number of nitrogens with zero attached hydrogens (tertiary/aromatic N) is 2. The molecule has 2 rings (SSSR count). The smallest absolute Gasteiger partial charge is 0.309 e. The van der Waals surface area contributed by atoms with Crippen molar-refractivity contribution in [3.05, 3.63) is 17.8 Å². The van der Waals surface area contributed by atoms with Crippen LogP contribution in [0.15, 0.2) is 10.7 Å². The normalized spacial score (nSPS) is 16.0. The maximum Gasteiger partial charge on any atom is 0.309 e. The SMILES string of the molecule is CCOC(=O)C1CCN(C(=O)c2coc(CNC)n2)CC1. The van der Waals surface area contributed by atoms with E-state index < -0.39 is 0 Å². The third-order valence-corrected chi connectivity index (χ3v) is 3.50. The highest BCUT2D eigenvalue weighted by Gasteiger charge is 2.29. The molecule has 1 aromatic heterocycles. The summed E-state index contributed by atoms with van der Waals surface area (Å²) in [5.74, 6) is 0.0687. The molecule has 1 saturated heterocycles. The van der Waals surface area contributed by atoms with Gasteiger partial charge in [0.25, 0.3) is 5.91 Å². The van der Waals surface area contributed by atoms with E-state index in [1.807, 2.05) is 0 Å². The fraction of sp³-hybridized carbons (Fsp3) is 0.643. The molecule has 1 aliphatic rings. The zero-order valence-electron chi connectivity index (χ0n) is 12.4. The molecule has 1 N–H and O–H groups in total. The molecule has 116 valence electrons. The molecule has 7 nitrogen and oxygen atoms in total. The van der Waals surface area contributed by atoms with E-state index in [1.165, 1.54) is 6.26 Å². The Balaban J connectivity index is 1.89. The van der Waals surface area contributed by atoms with Crippen molar-refractivity contribution in [3.63, 3.8) is 0 Å². The summed E-state index contributed by atoms with van der Waals surface area (Å²) in [6, 6.07) is 0. The number of piperidine rings is 1. The third kappa shape index (κ3) is 3.81. The van der Waals surface area contributed by atoms with Crippen molar-refractivity contribution >= 4 is 11.9 Å². The van der Waals surface area contributed by atoms with Crippen molar-refractivity contribution in [1.29, 1.82) is 0 Å². The molecule has 0 atom stereocenters. The molecule has 1 aliphatic heterocycles. The third-order valence-electron chi connectivity index (χ3n) is 3.50. The van der Waals surface area contributed by atoms with Crippen LogP contribution in [0.25, 0.3) is 0 Å². The summed E-state index contributed by atoms with van der Waals surface area (Å²) in [5.41, 5.74) is 0.315. The predicted molar refractivity (Wildman–Crippen MR) is 74.5 cm³/mol. The molecule has 0 bridgehead atoms. The van der Waals surface area contributed by atoms with Crippen LogP contribution in [0.1, 0.15) is 36.1 Å². The van der Waals surface area contributed by atoms with Crippen LogP contribution in [0.5, 0.6) is 0 Å². The van der Waals surface area contributed by atoms with Crippen molar-refractivity contribution in [1.82, 2.24) is 15.2 Å². The van der Waals surface area contributed by atoms with E-state index in [-0.39, 0.29) is 17.8 Å². The molecule has 0 spiro atoms. The van der Waals surface area contributed by atoms with Gasteiger partial charge < -0.3 is 19.4 Å². The average Bonchev–Trinajstić information content (AvgIpc) is 2.96. The van der Waals surface area contributed by atoms with Gasteiger partial charge in [0, 0.05) is 13.1 Å². The van der Waals surface area contributed by atoms with Gasteiger partial charge in [0.05, 0.1) is 19.1 Å². The fourth-order valence-corrected chi connectivity index (χ4v) is 2.38. The van der Waals surface area contributed by atoms with Gasteiger partial charge in [-0.3, -0.25) is 9.59 Å². The number of aromatic nitrogens is 1. The highest BCUT2D eigenvalue weighted by atomic mass is 16.5. The lowest BCUT2D eigenvalue weighted by atomic mass is 9.97. The van der Waals surface area contributed by atoms with E-state index in [9.17, 15) is 9.59 Å². The first-order chi connectivity index (χ1) is 10.2. The van der Waals surface area contributed by atoms with Crippen LogP contribution in [0.3, 0.4) is 0 Å². The van der Waals surface area contributed by atoms with E-state index >= 15 is 0 Å². The first kappa shape index (κ1) is 15.5. The second-order valence-electron chi connectivity index (χ2n) is 4.98. The van der Waals surface area contributed by atoms with Gasteiger partial charge >= 0.3 is 5.97 Å². The zero-order chi connectivity index (χ0) is 15.2. The number of carbonyl (C=O) groups is 2. The standard InChI is InChI=1S/C14H21N3O4/c1-3-20-14(19)10-4-6-17(7-5-10)13(18)11-9-21-12(16-11)8-15-2/h9-10,15H,3-8H2,1-2H3. The lowest BCUT2D eigenvalue weighted by Crippen LogP contribution is -2.40. The molecule has 0 saturated carbocycles. The number of amides is 1. The molecule has 1 fully saturated rings. The number of carbonyl (C=O) groups excluding carboxylic acids is 2. The summed E-state index contributed by atoms with van der Waals surface area (Å²) < 4.78 is 10.2. The second kappa shape index (κ2) is 7.21. The Morgan fingerprint density at radius 2 is 2.19 bits per heavy atom. The van der Waals surface area contributed by atoms with Gasteiger partial charge in [0.2, 0.25) is 5.89 Å². The molecule has 1 aromatic rings. The summed E-state index contributed by atoms with van der Waals surface area (Å²) in [5, 5.41) is 2.91. The minimum absolute atomic E-state index is 0.105. The molecule has 2 heterocycles. The number of rotatable bonds is 5. The van der Waals surface area contributed by atoms with Crippen molar-refractivity contribution in [3.8, 4) is 0 Å². The van der Waals surface area contributed by atoms with Crippen molar-refractivity contribution < 1.29 is 18.7 Å². The number of esters is 1. The molecule has 0 unspecified atom stereocenters. The number of likely N-dealkylation sites (tertiary alicyclic amines) is 1. The summed E-state index contributed by atoms with van der Waals surface area (Å²) >= 11 is 0. The number of hydrogen-bond donors (Lipinski definition) is 1. The van der Waals surface area contributed by atoms with Gasteiger partial charge in [0.15, 0.2) is 5.69 Å². The fourth-order valence-electron chi connectivity index (χ4n) is 2.38. The monoisotopic (exact) mass is 295 g/mol. The van der Waals surface area contributed by atoms with E-state index in [2.05, 4.69) is 10.3 Å². The lowest BCUT2D eigenvalue weighted by molar-refractivity contribution is -0.149.